The second kappa shape index (κ2) is 9.99. The summed E-state index contributed by atoms with van der Waals surface area (Å²) in [6.07, 6.45) is 5.76. The number of ether oxygens (including phenoxy) is 3. The molecular formula is C29H28N4O4. The third kappa shape index (κ3) is 4.63. The van der Waals surface area contributed by atoms with Crippen LogP contribution in [0.1, 0.15) is 28.4 Å². The second-order valence-electron chi connectivity index (χ2n) is 9.17. The molecule has 2 aliphatic heterocycles. The van der Waals surface area contributed by atoms with Crippen molar-refractivity contribution in [2.45, 2.75) is 19.1 Å². The van der Waals surface area contributed by atoms with Crippen molar-refractivity contribution in [3.8, 4) is 17.2 Å². The fourth-order valence-corrected chi connectivity index (χ4v) is 5.03. The van der Waals surface area contributed by atoms with Crippen LogP contribution in [0.15, 0.2) is 78.0 Å². The van der Waals surface area contributed by atoms with Crippen molar-refractivity contribution in [1.82, 2.24) is 9.97 Å². The monoisotopic (exact) mass is 496 g/mol. The highest BCUT2D eigenvalue weighted by molar-refractivity contribution is 5.59. The number of H-pyrrole nitrogens is 1. The topological polar surface area (TPSA) is 88.7 Å². The zero-order valence-corrected chi connectivity index (χ0v) is 20.6. The molecule has 1 unspecified atom stereocenters. The zero-order valence-electron chi connectivity index (χ0n) is 20.6. The Morgan fingerprint density at radius 3 is 3.00 bits per heavy atom. The van der Waals surface area contributed by atoms with Gasteiger partial charge in [-0.2, -0.15) is 0 Å². The van der Waals surface area contributed by atoms with Gasteiger partial charge < -0.3 is 29.4 Å². The SMILES string of the molecule is COc1ccncc1CNc1ccc2c(c1)Cc1cccc(C3CN(c4ccc[nH]c4=O)CCO3)c1O2. The van der Waals surface area contributed by atoms with Gasteiger partial charge in [0.2, 0.25) is 0 Å². The molecule has 0 saturated carbocycles. The number of nitrogens with zero attached hydrogens (tertiary/aromatic N) is 2. The number of nitrogens with one attached hydrogen (secondary N) is 2. The second-order valence-corrected chi connectivity index (χ2v) is 9.17. The minimum Gasteiger partial charge on any atom is -0.496 e. The minimum absolute atomic E-state index is 0.0881. The number of para-hydroxylation sites is 1. The molecule has 0 spiro atoms. The molecule has 4 heterocycles. The number of pyridine rings is 2. The number of hydrogen-bond acceptors (Lipinski definition) is 7. The van der Waals surface area contributed by atoms with E-state index >= 15 is 0 Å². The summed E-state index contributed by atoms with van der Waals surface area (Å²) >= 11 is 0. The molecule has 1 atom stereocenters. The summed E-state index contributed by atoms with van der Waals surface area (Å²) in [4.78, 5) is 21.4. The average Bonchev–Trinajstić information content (AvgIpc) is 2.95. The predicted octanol–water partition coefficient (Wildman–Crippen LogP) is 4.67. The average molecular weight is 497 g/mol. The van der Waals surface area contributed by atoms with Gasteiger partial charge in [-0.05, 0) is 42.0 Å². The molecule has 2 aliphatic rings. The lowest BCUT2D eigenvalue weighted by Gasteiger charge is -2.35. The summed E-state index contributed by atoms with van der Waals surface area (Å²) in [5, 5.41) is 3.47. The van der Waals surface area contributed by atoms with Crippen molar-refractivity contribution in [3.63, 3.8) is 0 Å². The molecule has 0 aliphatic carbocycles. The van der Waals surface area contributed by atoms with Crippen molar-refractivity contribution in [1.29, 1.82) is 0 Å². The van der Waals surface area contributed by atoms with Gasteiger partial charge in [0.15, 0.2) is 0 Å². The van der Waals surface area contributed by atoms with Crippen molar-refractivity contribution >= 4 is 11.4 Å². The number of anilines is 2. The molecule has 188 valence electrons. The van der Waals surface area contributed by atoms with Crippen LogP contribution >= 0.6 is 0 Å². The van der Waals surface area contributed by atoms with E-state index in [4.69, 9.17) is 14.2 Å². The van der Waals surface area contributed by atoms with Crippen molar-refractivity contribution in [2.75, 3.05) is 37.0 Å². The van der Waals surface area contributed by atoms with E-state index in [0.717, 1.165) is 51.6 Å². The first-order valence-electron chi connectivity index (χ1n) is 12.4. The van der Waals surface area contributed by atoms with Gasteiger partial charge in [-0.15, -0.1) is 0 Å². The van der Waals surface area contributed by atoms with Crippen LogP contribution < -0.4 is 25.2 Å². The fraction of sp³-hybridized carbons (Fsp3) is 0.241. The van der Waals surface area contributed by atoms with Gasteiger partial charge in [0, 0.05) is 67.0 Å². The van der Waals surface area contributed by atoms with Gasteiger partial charge in [-0.25, -0.2) is 0 Å². The van der Waals surface area contributed by atoms with Crippen LogP contribution in [0, 0.1) is 0 Å². The quantitative estimate of drug-likeness (QED) is 0.353. The zero-order chi connectivity index (χ0) is 25.2. The molecule has 2 aromatic carbocycles. The van der Waals surface area contributed by atoms with E-state index in [0.29, 0.717) is 31.9 Å². The maximum absolute atomic E-state index is 12.3. The molecule has 6 rings (SSSR count). The Kier molecular flexibility index (Phi) is 6.24. The van der Waals surface area contributed by atoms with E-state index in [1.54, 1.807) is 19.5 Å². The molecule has 1 fully saturated rings. The Morgan fingerprint density at radius 2 is 2.11 bits per heavy atom. The predicted molar refractivity (Wildman–Crippen MR) is 142 cm³/mol. The number of methoxy groups -OCH3 is 1. The maximum atomic E-state index is 12.3. The molecule has 2 N–H and O–H groups in total. The largest absolute Gasteiger partial charge is 0.496 e. The summed E-state index contributed by atoms with van der Waals surface area (Å²) in [7, 11) is 1.66. The van der Waals surface area contributed by atoms with E-state index in [9.17, 15) is 4.79 Å². The van der Waals surface area contributed by atoms with Gasteiger partial charge >= 0.3 is 0 Å². The fourth-order valence-electron chi connectivity index (χ4n) is 5.03. The first kappa shape index (κ1) is 23.1. The molecule has 8 heteroatoms. The van der Waals surface area contributed by atoms with Crippen LogP contribution in [0.2, 0.25) is 0 Å². The van der Waals surface area contributed by atoms with E-state index < -0.39 is 0 Å². The number of aromatic amines is 1. The number of fused-ring (bicyclic) bond motifs is 2. The standard InChI is InChI=1S/C29H28N4O4/c1-35-25-9-11-30-16-21(25)17-32-22-7-8-26-20(15-22)14-19-4-2-5-23(28(19)37-26)27-18-33(12-13-36-27)24-6-3-10-31-29(24)34/h2-11,15-16,27,32H,12-14,17-18H2,1H3,(H,31,34). The van der Waals surface area contributed by atoms with E-state index in [-0.39, 0.29) is 11.7 Å². The Hall–Kier alpha value is -4.30. The maximum Gasteiger partial charge on any atom is 0.271 e. The highest BCUT2D eigenvalue weighted by Gasteiger charge is 2.29. The molecule has 0 bridgehead atoms. The Morgan fingerprint density at radius 1 is 1.16 bits per heavy atom. The number of rotatable bonds is 6. The van der Waals surface area contributed by atoms with Crippen molar-refractivity contribution < 1.29 is 14.2 Å². The lowest BCUT2D eigenvalue weighted by atomic mass is 9.95. The Bertz CT molecular complexity index is 1480. The van der Waals surface area contributed by atoms with Gasteiger partial charge in [0.05, 0.1) is 13.7 Å². The minimum atomic E-state index is -0.194. The van der Waals surface area contributed by atoms with Gasteiger partial charge in [-0.3, -0.25) is 9.78 Å². The molecule has 2 aromatic heterocycles. The summed E-state index contributed by atoms with van der Waals surface area (Å²) in [6, 6.07) is 17.9. The Balaban J connectivity index is 1.21. The van der Waals surface area contributed by atoms with Crippen LogP contribution in [0.4, 0.5) is 11.4 Å². The number of morpholine rings is 1. The highest BCUT2D eigenvalue weighted by atomic mass is 16.5. The van der Waals surface area contributed by atoms with E-state index in [1.165, 1.54) is 0 Å². The summed E-state index contributed by atoms with van der Waals surface area (Å²) in [6.45, 7) is 2.40. The normalized spacial score (nSPS) is 16.4. The number of aromatic nitrogens is 2. The number of benzene rings is 2. The lowest BCUT2D eigenvalue weighted by molar-refractivity contribution is 0.0383. The number of hydrogen-bond donors (Lipinski definition) is 2. The van der Waals surface area contributed by atoms with Crippen LogP contribution in [0.3, 0.4) is 0 Å². The molecule has 8 nitrogen and oxygen atoms in total. The smallest absolute Gasteiger partial charge is 0.271 e. The van der Waals surface area contributed by atoms with Gasteiger partial charge in [0.25, 0.3) is 5.56 Å². The first-order valence-corrected chi connectivity index (χ1v) is 12.4. The van der Waals surface area contributed by atoms with Gasteiger partial charge in [-0.1, -0.05) is 18.2 Å². The van der Waals surface area contributed by atoms with Crippen LogP contribution in [-0.4, -0.2) is 36.8 Å². The molecule has 37 heavy (non-hydrogen) atoms. The first-order chi connectivity index (χ1) is 18.2. The van der Waals surface area contributed by atoms with E-state index in [2.05, 4.69) is 44.5 Å². The third-order valence-corrected chi connectivity index (χ3v) is 6.89. The molecule has 0 amide bonds. The highest BCUT2D eigenvalue weighted by Crippen LogP contribution is 2.43. The summed E-state index contributed by atoms with van der Waals surface area (Å²) in [5.41, 5.74) is 5.82. The lowest BCUT2D eigenvalue weighted by Crippen LogP contribution is -2.41. The molecule has 0 radical (unpaired) electrons. The molecular weight excluding hydrogens is 468 g/mol. The summed E-state index contributed by atoms with van der Waals surface area (Å²) < 4.78 is 18.1. The van der Waals surface area contributed by atoms with Crippen LogP contribution in [-0.2, 0) is 17.7 Å². The Labute approximate surface area is 214 Å². The van der Waals surface area contributed by atoms with Crippen molar-refractivity contribution in [2.24, 2.45) is 0 Å². The van der Waals surface area contributed by atoms with Gasteiger partial charge in [0.1, 0.15) is 29.0 Å². The van der Waals surface area contributed by atoms with E-state index in [1.807, 2.05) is 36.5 Å². The third-order valence-electron chi connectivity index (χ3n) is 6.89. The van der Waals surface area contributed by atoms with Crippen LogP contribution in [0.5, 0.6) is 17.2 Å². The van der Waals surface area contributed by atoms with Crippen molar-refractivity contribution in [3.05, 3.63) is 106 Å². The molecule has 4 aromatic rings. The molecule has 1 saturated heterocycles. The van der Waals surface area contributed by atoms with Crippen LogP contribution in [0.25, 0.3) is 0 Å². The summed E-state index contributed by atoms with van der Waals surface area (Å²) in [5.74, 6) is 2.51.